The third kappa shape index (κ3) is 2.78. The summed E-state index contributed by atoms with van der Waals surface area (Å²) in [5.74, 6) is 1.48. The van der Waals surface area contributed by atoms with Crippen LogP contribution < -0.4 is 5.32 Å². The van der Waals surface area contributed by atoms with Gasteiger partial charge in [-0.15, -0.1) is 0 Å². The van der Waals surface area contributed by atoms with Gasteiger partial charge in [0.2, 0.25) is 0 Å². The molecular formula is C21H16BrN3O. The Bertz CT molecular complexity index is 1160. The smallest absolute Gasteiger partial charge is 0.255 e. The van der Waals surface area contributed by atoms with Gasteiger partial charge in [0, 0.05) is 21.6 Å². The van der Waals surface area contributed by atoms with Crippen molar-refractivity contribution in [1.82, 2.24) is 9.97 Å². The molecule has 4 aromatic rings. The van der Waals surface area contributed by atoms with Crippen LogP contribution in [0.3, 0.4) is 0 Å². The number of hydrogen-bond donors (Lipinski definition) is 2. The van der Waals surface area contributed by atoms with Crippen molar-refractivity contribution in [2.75, 3.05) is 5.32 Å². The third-order valence-corrected chi connectivity index (χ3v) is 5.50. The third-order valence-electron chi connectivity index (χ3n) is 4.81. The zero-order chi connectivity index (χ0) is 17.7. The van der Waals surface area contributed by atoms with Crippen molar-refractivity contribution >= 4 is 49.3 Å². The summed E-state index contributed by atoms with van der Waals surface area (Å²) in [6.07, 6.45) is 2.40. The molecule has 0 unspecified atom stereocenters. The maximum atomic E-state index is 12.7. The van der Waals surface area contributed by atoms with Crippen LogP contribution >= 0.6 is 15.9 Å². The summed E-state index contributed by atoms with van der Waals surface area (Å²) in [6.45, 7) is 0. The van der Waals surface area contributed by atoms with Gasteiger partial charge in [-0.05, 0) is 60.0 Å². The number of benzene rings is 3. The largest absolute Gasteiger partial charge is 0.342 e. The number of imidazole rings is 1. The van der Waals surface area contributed by atoms with Crippen molar-refractivity contribution in [2.24, 2.45) is 0 Å². The quantitative estimate of drug-likeness (QED) is 0.465. The maximum absolute atomic E-state index is 12.7. The monoisotopic (exact) mass is 405 g/mol. The second-order valence-electron chi connectivity index (χ2n) is 6.76. The highest BCUT2D eigenvalue weighted by Crippen LogP contribution is 2.39. The molecule has 1 saturated carbocycles. The molecule has 0 radical (unpaired) electrons. The van der Waals surface area contributed by atoms with E-state index in [0.29, 0.717) is 11.5 Å². The highest BCUT2D eigenvalue weighted by molar-refractivity contribution is 9.10. The molecule has 0 saturated heterocycles. The Morgan fingerprint density at radius 1 is 1.12 bits per heavy atom. The standard InChI is InChI=1S/C21H16BrN3O/c22-17-3-1-2-13-10-15(7-8-16(13)17)23-21(26)14-6-9-18-19(11-14)25-20(24-18)12-4-5-12/h1-3,6-12H,4-5H2,(H,23,26)(H,24,25). The summed E-state index contributed by atoms with van der Waals surface area (Å²) in [7, 11) is 0. The van der Waals surface area contributed by atoms with Gasteiger partial charge in [-0.25, -0.2) is 4.98 Å². The van der Waals surface area contributed by atoms with E-state index in [9.17, 15) is 4.79 Å². The summed E-state index contributed by atoms with van der Waals surface area (Å²) in [4.78, 5) is 20.6. The molecule has 1 aliphatic rings. The summed E-state index contributed by atoms with van der Waals surface area (Å²) in [6, 6.07) is 17.6. The number of halogens is 1. The van der Waals surface area contributed by atoms with Crippen LogP contribution in [0.4, 0.5) is 5.69 Å². The Hall–Kier alpha value is -2.66. The van der Waals surface area contributed by atoms with E-state index in [1.54, 1.807) is 0 Å². The Labute approximate surface area is 158 Å². The topological polar surface area (TPSA) is 57.8 Å². The number of nitrogens with zero attached hydrogens (tertiary/aromatic N) is 1. The van der Waals surface area contributed by atoms with Crippen LogP contribution in [-0.2, 0) is 0 Å². The molecule has 5 rings (SSSR count). The normalized spacial score (nSPS) is 14.0. The summed E-state index contributed by atoms with van der Waals surface area (Å²) in [5, 5.41) is 5.19. The predicted molar refractivity (Wildman–Crippen MR) is 108 cm³/mol. The van der Waals surface area contributed by atoms with Gasteiger partial charge in [0.15, 0.2) is 0 Å². The van der Waals surface area contributed by atoms with Crippen molar-refractivity contribution < 1.29 is 4.79 Å². The first-order valence-electron chi connectivity index (χ1n) is 8.67. The minimum absolute atomic E-state index is 0.121. The number of anilines is 1. The van der Waals surface area contributed by atoms with E-state index >= 15 is 0 Å². The number of fused-ring (bicyclic) bond motifs is 2. The molecule has 2 N–H and O–H groups in total. The lowest BCUT2D eigenvalue weighted by atomic mass is 10.1. The molecule has 1 aliphatic carbocycles. The minimum atomic E-state index is -0.121. The van der Waals surface area contributed by atoms with Gasteiger partial charge >= 0.3 is 0 Å². The predicted octanol–water partition coefficient (Wildman–Crippen LogP) is 5.61. The van der Waals surface area contributed by atoms with Crippen LogP contribution in [0.5, 0.6) is 0 Å². The van der Waals surface area contributed by atoms with Crippen LogP contribution in [-0.4, -0.2) is 15.9 Å². The van der Waals surface area contributed by atoms with Crippen molar-refractivity contribution in [1.29, 1.82) is 0 Å². The highest BCUT2D eigenvalue weighted by Gasteiger charge is 2.26. The van der Waals surface area contributed by atoms with Gasteiger partial charge in [0.25, 0.3) is 5.91 Å². The molecule has 0 spiro atoms. The van der Waals surface area contributed by atoms with Crippen molar-refractivity contribution in [3.63, 3.8) is 0 Å². The van der Waals surface area contributed by atoms with Gasteiger partial charge < -0.3 is 10.3 Å². The van der Waals surface area contributed by atoms with Crippen LogP contribution in [0.25, 0.3) is 21.8 Å². The minimum Gasteiger partial charge on any atom is -0.342 e. The van der Waals surface area contributed by atoms with E-state index in [2.05, 4.69) is 31.2 Å². The molecular weight excluding hydrogens is 390 g/mol. The lowest BCUT2D eigenvalue weighted by Crippen LogP contribution is -2.11. The first-order valence-corrected chi connectivity index (χ1v) is 9.46. The zero-order valence-corrected chi connectivity index (χ0v) is 15.5. The van der Waals surface area contributed by atoms with Crippen LogP contribution in [0, 0.1) is 0 Å². The average molecular weight is 406 g/mol. The van der Waals surface area contributed by atoms with Gasteiger partial charge in [0.05, 0.1) is 11.0 Å². The number of carbonyl (C=O) groups excluding carboxylic acids is 1. The Kier molecular flexibility index (Phi) is 3.57. The summed E-state index contributed by atoms with van der Waals surface area (Å²) >= 11 is 3.55. The number of aromatic nitrogens is 2. The Morgan fingerprint density at radius 3 is 2.85 bits per heavy atom. The highest BCUT2D eigenvalue weighted by atomic mass is 79.9. The Morgan fingerprint density at radius 2 is 2.00 bits per heavy atom. The molecule has 5 heteroatoms. The van der Waals surface area contributed by atoms with E-state index in [4.69, 9.17) is 0 Å². The van der Waals surface area contributed by atoms with Crippen molar-refractivity contribution in [3.05, 3.63) is 70.5 Å². The average Bonchev–Trinajstić information content (AvgIpc) is 3.40. The van der Waals surface area contributed by atoms with Gasteiger partial charge in [-0.2, -0.15) is 0 Å². The van der Waals surface area contributed by atoms with E-state index in [0.717, 1.165) is 37.8 Å². The summed E-state index contributed by atoms with van der Waals surface area (Å²) < 4.78 is 1.05. The zero-order valence-electron chi connectivity index (χ0n) is 13.9. The lowest BCUT2D eigenvalue weighted by molar-refractivity contribution is 0.102. The molecule has 0 aliphatic heterocycles. The first kappa shape index (κ1) is 15.6. The first-order chi connectivity index (χ1) is 12.7. The second-order valence-corrected chi connectivity index (χ2v) is 7.61. The van der Waals surface area contributed by atoms with Crippen LogP contribution in [0.1, 0.15) is 34.9 Å². The number of aromatic amines is 1. The van der Waals surface area contributed by atoms with Crippen LogP contribution in [0.15, 0.2) is 59.1 Å². The number of nitrogens with one attached hydrogen (secondary N) is 2. The fraction of sp³-hybridized carbons (Fsp3) is 0.143. The van der Waals surface area contributed by atoms with Gasteiger partial charge in [-0.3, -0.25) is 4.79 Å². The summed E-state index contributed by atoms with van der Waals surface area (Å²) in [5.41, 5.74) is 3.24. The van der Waals surface area contributed by atoms with Crippen LogP contribution in [0.2, 0.25) is 0 Å². The lowest BCUT2D eigenvalue weighted by Gasteiger charge is -2.07. The molecule has 4 nitrogen and oxygen atoms in total. The van der Waals surface area contributed by atoms with E-state index in [1.165, 1.54) is 12.8 Å². The molecule has 26 heavy (non-hydrogen) atoms. The fourth-order valence-corrected chi connectivity index (χ4v) is 3.76. The number of carbonyl (C=O) groups is 1. The number of H-pyrrole nitrogens is 1. The maximum Gasteiger partial charge on any atom is 0.255 e. The molecule has 128 valence electrons. The van der Waals surface area contributed by atoms with Crippen molar-refractivity contribution in [3.8, 4) is 0 Å². The Balaban J connectivity index is 1.43. The van der Waals surface area contributed by atoms with E-state index in [-0.39, 0.29) is 5.91 Å². The molecule has 0 bridgehead atoms. The fourth-order valence-electron chi connectivity index (χ4n) is 3.25. The molecule has 0 atom stereocenters. The number of rotatable bonds is 3. The van der Waals surface area contributed by atoms with E-state index < -0.39 is 0 Å². The molecule has 1 fully saturated rings. The molecule has 1 aromatic heterocycles. The SMILES string of the molecule is O=C(Nc1ccc2c(Br)cccc2c1)c1ccc2nc(C3CC3)[nH]c2c1. The van der Waals surface area contributed by atoms with Gasteiger partial charge in [-0.1, -0.05) is 34.1 Å². The van der Waals surface area contributed by atoms with Crippen molar-refractivity contribution in [2.45, 2.75) is 18.8 Å². The number of amides is 1. The molecule has 1 heterocycles. The molecule has 1 amide bonds. The van der Waals surface area contributed by atoms with E-state index in [1.807, 2.05) is 54.6 Å². The second kappa shape index (κ2) is 5.95. The van der Waals surface area contributed by atoms with Gasteiger partial charge in [0.1, 0.15) is 5.82 Å². The molecule has 3 aromatic carbocycles. The number of hydrogen-bond acceptors (Lipinski definition) is 2.